The molecule has 0 unspecified atom stereocenters. The van der Waals surface area contributed by atoms with Crippen LogP contribution < -0.4 is 27.9 Å². The summed E-state index contributed by atoms with van der Waals surface area (Å²) in [6, 6.07) is 7.87. The van der Waals surface area contributed by atoms with Gasteiger partial charge in [0.15, 0.2) is 0 Å². The summed E-state index contributed by atoms with van der Waals surface area (Å²) in [5.41, 5.74) is 1.10. The van der Waals surface area contributed by atoms with Gasteiger partial charge in [0.05, 0.1) is 33.2 Å². The van der Waals surface area contributed by atoms with Gasteiger partial charge in [0.1, 0.15) is 0 Å². The van der Waals surface area contributed by atoms with Crippen LogP contribution in [0.1, 0.15) is 26.7 Å². The molecule has 0 aliphatic heterocycles. The van der Waals surface area contributed by atoms with Crippen molar-refractivity contribution < 1.29 is 26.5 Å². The second-order valence-corrected chi connectivity index (χ2v) is 7.80. The average molecular weight is 433 g/mol. The Morgan fingerprint density at radius 3 is 2.04 bits per heavy atom. The lowest BCUT2D eigenvalue weighted by Gasteiger charge is -2.36. The van der Waals surface area contributed by atoms with Gasteiger partial charge in [-0.3, -0.25) is 9.59 Å². The van der Waals surface area contributed by atoms with E-state index in [9.17, 15) is 9.59 Å². The van der Waals surface area contributed by atoms with E-state index in [0.29, 0.717) is 13.1 Å². The molecule has 0 aliphatic carbocycles. The Morgan fingerprint density at radius 2 is 1.57 bits per heavy atom. The van der Waals surface area contributed by atoms with E-state index in [1.807, 2.05) is 18.2 Å². The summed E-state index contributed by atoms with van der Waals surface area (Å²) < 4.78 is 0.893. The van der Waals surface area contributed by atoms with Crippen LogP contribution in [0.5, 0.6) is 0 Å². The van der Waals surface area contributed by atoms with Crippen molar-refractivity contribution in [3.63, 3.8) is 0 Å². The van der Waals surface area contributed by atoms with Crippen LogP contribution in [-0.4, -0.2) is 69.7 Å². The van der Waals surface area contributed by atoms with Gasteiger partial charge in [-0.25, -0.2) is 0 Å². The number of carbonyl (C=O) groups excluding carboxylic acids is 2. The zero-order valence-electron chi connectivity index (χ0n) is 17.4. The highest BCUT2D eigenvalue weighted by Crippen LogP contribution is 2.18. The zero-order chi connectivity index (χ0) is 20.3. The van der Waals surface area contributed by atoms with Crippen molar-refractivity contribution >= 4 is 29.1 Å². The van der Waals surface area contributed by atoms with Gasteiger partial charge in [0.2, 0.25) is 11.8 Å². The van der Waals surface area contributed by atoms with Crippen molar-refractivity contribution in [3.05, 3.63) is 29.3 Å². The number of rotatable bonds is 12. The average Bonchev–Trinajstić information content (AvgIpc) is 2.60. The SMILES string of the molecule is CC(=O)NCCC[N+](C)(CCCNC(C)=O)CCN(C)c1cccc(Cl)c1.[Cl-]. The maximum absolute atomic E-state index is 11.1. The van der Waals surface area contributed by atoms with Gasteiger partial charge in [0, 0.05) is 57.5 Å². The second-order valence-electron chi connectivity index (χ2n) is 7.36. The molecule has 0 fully saturated rings. The van der Waals surface area contributed by atoms with E-state index in [4.69, 9.17) is 11.6 Å². The van der Waals surface area contributed by atoms with Crippen LogP contribution in [0.4, 0.5) is 5.69 Å². The summed E-state index contributed by atoms with van der Waals surface area (Å²) >= 11 is 6.10. The highest BCUT2D eigenvalue weighted by Gasteiger charge is 2.21. The Bertz CT molecular complexity index is 592. The molecule has 0 atom stereocenters. The molecule has 0 radical (unpaired) electrons. The Labute approximate surface area is 180 Å². The van der Waals surface area contributed by atoms with E-state index < -0.39 is 0 Å². The molecule has 8 heteroatoms. The molecule has 1 aromatic carbocycles. The number of halogens is 2. The van der Waals surface area contributed by atoms with Crippen LogP contribution >= 0.6 is 11.6 Å². The normalized spacial score (nSPS) is 10.8. The van der Waals surface area contributed by atoms with Gasteiger partial charge in [-0.05, 0) is 18.2 Å². The fraction of sp³-hybridized carbons (Fsp3) is 0.600. The monoisotopic (exact) mass is 432 g/mol. The van der Waals surface area contributed by atoms with Gasteiger partial charge in [-0.15, -0.1) is 0 Å². The molecule has 6 nitrogen and oxygen atoms in total. The van der Waals surface area contributed by atoms with Gasteiger partial charge in [-0.1, -0.05) is 17.7 Å². The van der Waals surface area contributed by atoms with Crippen molar-refractivity contribution in [3.8, 4) is 0 Å². The first-order valence-corrected chi connectivity index (χ1v) is 9.89. The summed E-state index contributed by atoms with van der Waals surface area (Å²) in [6.45, 7) is 8.30. The van der Waals surface area contributed by atoms with Crippen LogP contribution in [0.3, 0.4) is 0 Å². The van der Waals surface area contributed by atoms with Crippen molar-refractivity contribution in [1.82, 2.24) is 10.6 Å². The Hall–Kier alpha value is -1.50. The highest BCUT2D eigenvalue weighted by atomic mass is 35.5. The summed E-state index contributed by atoms with van der Waals surface area (Å²) in [5, 5.41) is 6.47. The molecule has 28 heavy (non-hydrogen) atoms. The molecule has 0 saturated heterocycles. The first-order valence-electron chi connectivity index (χ1n) is 9.51. The number of benzene rings is 1. The number of quaternary nitrogens is 1. The maximum Gasteiger partial charge on any atom is 0.216 e. The number of likely N-dealkylation sites (N-methyl/N-ethyl adjacent to an activating group) is 2. The summed E-state index contributed by atoms with van der Waals surface area (Å²) in [4.78, 5) is 24.3. The minimum absolute atomic E-state index is 0. The van der Waals surface area contributed by atoms with Crippen LogP contribution in [0, 0.1) is 0 Å². The standard InChI is InChI=1S/C20H33ClN4O2.ClH/c1-17(26)22-10-6-13-25(4,14-7-11-23-18(2)27)15-12-24(3)20-9-5-8-19(21)16-20;/h5,8-9,16H,6-7,10-15H2,1-4H3,(H-,22,23,26,27);1H. The predicted molar refractivity (Wildman–Crippen MR) is 112 cm³/mol. The molecular weight excluding hydrogens is 399 g/mol. The molecule has 1 rings (SSSR count). The maximum atomic E-state index is 11.1. The van der Waals surface area contributed by atoms with E-state index >= 15 is 0 Å². The van der Waals surface area contributed by atoms with Crippen LogP contribution in [0.25, 0.3) is 0 Å². The molecule has 160 valence electrons. The summed E-state index contributed by atoms with van der Waals surface area (Å²) in [5.74, 6) is 0.0195. The number of hydrogen-bond acceptors (Lipinski definition) is 3. The first kappa shape index (κ1) is 26.5. The lowest BCUT2D eigenvalue weighted by Crippen LogP contribution is -3.00. The molecule has 1 aromatic rings. The minimum Gasteiger partial charge on any atom is -1.00 e. The number of hydrogen-bond donors (Lipinski definition) is 2. The predicted octanol–water partition coefficient (Wildman–Crippen LogP) is -0.721. The molecule has 0 spiro atoms. The number of nitrogens with zero attached hydrogens (tertiary/aromatic N) is 2. The Morgan fingerprint density at radius 1 is 1.04 bits per heavy atom. The third-order valence-corrected chi connectivity index (χ3v) is 4.96. The molecule has 0 bridgehead atoms. The lowest BCUT2D eigenvalue weighted by atomic mass is 10.2. The van der Waals surface area contributed by atoms with Gasteiger partial charge in [-0.2, -0.15) is 0 Å². The van der Waals surface area contributed by atoms with E-state index in [-0.39, 0.29) is 24.2 Å². The fourth-order valence-electron chi connectivity index (χ4n) is 3.02. The lowest BCUT2D eigenvalue weighted by molar-refractivity contribution is -0.908. The molecule has 0 aliphatic rings. The number of amides is 2. The topological polar surface area (TPSA) is 61.4 Å². The number of anilines is 1. The zero-order valence-corrected chi connectivity index (χ0v) is 18.9. The Balaban J connectivity index is 0.00000729. The third kappa shape index (κ3) is 11.4. The van der Waals surface area contributed by atoms with Crippen LogP contribution in [0.15, 0.2) is 24.3 Å². The molecule has 0 heterocycles. The highest BCUT2D eigenvalue weighted by molar-refractivity contribution is 6.30. The third-order valence-electron chi connectivity index (χ3n) is 4.72. The van der Waals surface area contributed by atoms with E-state index in [2.05, 4.69) is 35.7 Å². The molecule has 0 saturated carbocycles. The minimum atomic E-state index is 0. The second kappa shape index (κ2) is 13.6. The van der Waals surface area contributed by atoms with Crippen molar-refractivity contribution in [1.29, 1.82) is 0 Å². The summed E-state index contributed by atoms with van der Waals surface area (Å²) in [6.07, 6.45) is 1.86. The fourth-order valence-corrected chi connectivity index (χ4v) is 3.20. The molecule has 0 aromatic heterocycles. The number of carbonyl (C=O) groups is 2. The molecular formula is C20H34Cl2N4O2. The van der Waals surface area contributed by atoms with Gasteiger partial charge < -0.3 is 32.4 Å². The Kier molecular flexibility index (Phi) is 12.9. The quantitative estimate of drug-likeness (QED) is 0.338. The van der Waals surface area contributed by atoms with Crippen LogP contribution in [-0.2, 0) is 9.59 Å². The number of nitrogens with one attached hydrogen (secondary N) is 2. The van der Waals surface area contributed by atoms with Crippen LogP contribution in [0.2, 0.25) is 5.02 Å². The van der Waals surface area contributed by atoms with Crippen molar-refractivity contribution in [2.45, 2.75) is 26.7 Å². The summed E-state index contributed by atoms with van der Waals surface area (Å²) in [7, 11) is 4.32. The van der Waals surface area contributed by atoms with Gasteiger partial charge >= 0.3 is 0 Å². The first-order chi connectivity index (χ1) is 12.7. The smallest absolute Gasteiger partial charge is 0.216 e. The van der Waals surface area contributed by atoms with Crippen molar-refractivity contribution in [2.75, 3.05) is 58.3 Å². The van der Waals surface area contributed by atoms with E-state index in [1.165, 1.54) is 0 Å². The molecule has 2 N–H and O–H groups in total. The van der Waals surface area contributed by atoms with E-state index in [0.717, 1.165) is 54.2 Å². The molecule has 2 amide bonds. The van der Waals surface area contributed by atoms with Crippen molar-refractivity contribution in [2.24, 2.45) is 0 Å². The largest absolute Gasteiger partial charge is 1.00 e. The van der Waals surface area contributed by atoms with E-state index in [1.54, 1.807) is 13.8 Å². The van der Waals surface area contributed by atoms with Gasteiger partial charge in [0.25, 0.3) is 0 Å².